The summed E-state index contributed by atoms with van der Waals surface area (Å²) in [6.45, 7) is 5.37. The lowest BCUT2D eigenvalue weighted by atomic mass is 10.0. The molecule has 1 saturated heterocycles. The average molecular weight is 491 g/mol. The number of carbonyl (C=O) groups excluding carboxylic acids is 1. The van der Waals surface area contributed by atoms with Crippen molar-refractivity contribution in [3.63, 3.8) is 0 Å². The largest absolute Gasteiger partial charge is 0.353 e. The van der Waals surface area contributed by atoms with E-state index < -0.39 is 5.95 Å². The van der Waals surface area contributed by atoms with Gasteiger partial charge in [0, 0.05) is 48.8 Å². The van der Waals surface area contributed by atoms with E-state index in [2.05, 4.69) is 45.7 Å². The first-order valence-electron chi connectivity index (χ1n) is 11.7. The number of H-pyrrole nitrogens is 1. The topological polar surface area (TPSA) is 130 Å². The van der Waals surface area contributed by atoms with E-state index in [1.807, 2.05) is 32.0 Å². The molecule has 5 rings (SSSR count). The van der Waals surface area contributed by atoms with Crippen LogP contribution in [-0.4, -0.2) is 59.7 Å². The molecule has 4 aromatic rings. The van der Waals surface area contributed by atoms with Gasteiger partial charge in [-0.3, -0.25) is 14.5 Å². The smallest absolute Gasteiger partial charge is 0.231 e. The van der Waals surface area contributed by atoms with Crippen LogP contribution in [0.5, 0.6) is 0 Å². The van der Waals surface area contributed by atoms with Crippen molar-refractivity contribution in [3.05, 3.63) is 65.9 Å². The van der Waals surface area contributed by atoms with Gasteiger partial charge in [-0.25, -0.2) is 15.0 Å². The molecule has 5 heterocycles. The number of hydrogen-bond acceptors (Lipinski definition) is 8. The highest BCUT2D eigenvalue weighted by molar-refractivity contribution is 5.78. The molecule has 0 aromatic carbocycles. The third kappa shape index (κ3) is 5.65. The molecule has 0 saturated carbocycles. The molecule has 1 fully saturated rings. The second-order valence-corrected chi connectivity index (χ2v) is 8.89. The Morgan fingerprint density at radius 3 is 2.64 bits per heavy atom. The molecule has 186 valence electrons. The van der Waals surface area contributed by atoms with Crippen molar-refractivity contribution >= 4 is 23.5 Å². The molecule has 0 atom stereocenters. The number of imidazole rings is 1. The predicted octanol–water partition coefficient (Wildman–Crippen LogP) is 2.61. The number of nitrogens with one attached hydrogen (secondary N) is 3. The lowest BCUT2D eigenvalue weighted by molar-refractivity contribution is -0.121. The minimum atomic E-state index is -0.568. The normalized spacial score (nSPS) is 14.1. The predicted molar refractivity (Wildman–Crippen MR) is 132 cm³/mol. The zero-order chi connectivity index (χ0) is 25.1. The van der Waals surface area contributed by atoms with Crippen molar-refractivity contribution in [3.8, 4) is 5.82 Å². The Balaban J connectivity index is 1.13. The Labute approximate surface area is 207 Å². The van der Waals surface area contributed by atoms with Gasteiger partial charge in [-0.05, 0) is 38.3 Å². The van der Waals surface area contributed by atoms with Crippen molar-refractivity contribution in [2.45, 2.75) is 39.2 Å². The zero-order valence-corrected chi connectivity index (χ0v) is 20.1. The number of aromatic amines is 1. The molecule has 1 aliphatic rings. The molecular weight excluding hydrogens is 463 g/mol. The van der Waals surface area contributed by atoms with Crippen molar-refractivity contribution in [2.24, 2.45) is 0 Å². The van der Waals surface area contributed by atoms with E-state index in [0.717, 1.165) is 42.9 Å². The Hall–Kier alpha value is -4.35. The molecule has 0 bridgehead atoms. The Bertz CT molecular complexity index is 1340. The molecule has 12 heteroatoms. The lowest BCUT2D eigenvalue weighted by Crippen LogP contribution is -2.45. The molecule has 0 aliphatic carbocycles. The van der Waals surface area contributed by atoms with E-state index in [9.17, 15) is 9.18 Å². The summed E-state index contributed by atoms with van der Waals surface area (Å²) >= 11 is 0. The second kappa shape index (κ2) is 10.1. The first-order chi connectivity index (χ1) is 17.4. The van der Waals surface area contributed by atoms with Crippen molar-refractivity contribution in [2.75, 3.05) is 23.3 Å². The van der Waals surface area contributed by atoms with Crippen molar-refractivity contribution in [1.82, 2.24) is 40.0 Å². The lowest BCUT2D eigenvalue weighted by Gasteiger charge is -2.32. The number of carbonyl (C=O) groups is 1. The molecule has 36 heavy (non-hydrogen) atoms. The maximum absolute atomic E-state index is 13.1. The number of anilines is 3. The van der Waals surface area contributed by atoms with Crippen LogP contribution in [0.15, 0.2) is 43.0 Å². The van der Waals surface area contributed by atoms with Crippen molar-refractivity contribution < 1.29 is 9.18 Å². The second-order valence-electron chi connectivity index (χ2n) is 8.89. The van der Waals surface area contributed by atoms with Crippen LogP contribution in [0.4, 0.5) is 22.0 Å². The van der Waals surface area contributed by atoms with Gasteiger partial charge in [0.25, 0.3) is 0 Å². The van der Waals surface area contributed by atoms with Crippen LogP contribution in [0.3, 0.4) is 0 Å². The van der Waals surface area contributed by atoms with Gasteiger partial charge in [-0.15, -0.1) is 0 Å². The first kappa shape index (κ1) is 23.4. The van der Waals surface area contributed by atoms with E-state index in [0.29, 0.717) is 23.4 Å². The third-order valence-corrected chi connectivity index (χ3v) is 5.94. The highest BCUT2D eigenvalue weighted by atomic mass is 19.1. The Kier molecular flexibility index (Phi) is 6.56. The summed E-state index contributed by atoms with van der Waals surface area (Å²) in [6.07, 6.45) is 6.06. The van der Waals surface area contributed by atoms with E-state index >= 15 is 0 Å². The highest BCUT2D eigenvalue weighted by Gasteiger charge is 2.23. The van der Waals surface area contributed by atoms with Gasteiger partial charge >= 0.3 is 0 Å². The van der Waals surface area contributed by atoms with E-state index in [1.165, 1.54) is 17.1 Å². The van der Waals surface area contributed by atoms with Crippen LogP contribution in [0.2, 0.25) is 0 Å². The summed E-state index contributed by atoms with van der Waals surface area (Å²) in [5, 5.41) is 13.4. The highest BCUT2D eigenvalue weighted by Crippen LogP contribution is 2.21. The third-order valence-electron chi connectivity index (χ3n) is 5.94. The van der Waals surface area contributed by atoms with Crippen LogP contribution >= 0.6 is 0 Å². The fourth-order valence-corrected chi connectivity index (χ4v) is 4.16. The van der Waals surface area contributed by atoms with Gasteiger partial charge < -0.3 is 15.5 Å². The fraction of sp³-hybridized carbons (Fsp3) is 0.333. The van der Waals surface area contributed by atoms with Crippen LogP contribution in [0.1, 0.15) is 29.8 Å². The summed E-state index contributed by atoms with van der Waals surface area (Å²) in [5.41, 5.74) is 2.62. The number of aryl methyl sites for hydroxylation is 2. The minimum absolute atomic E-state index is 0.0516. The standard InChI is InChI=1S/C24H27FN10O/c1-15-9-20(30-21-10-16(2)32-33-21)31-24(28-15)34-7-5-18(6-8-34)29-23(36)11-17-3-4-22(26-12-17)35-13-19(25)27-14-35/h3-4,9-10,12-14,18H,5-8,11H2,1-2H3,(H,29,36)(H2,28,30,31,32,33). The summed E-state index contributed by atoms with van der Waals surface area (Å²) in [6, 6.07) is 7.43. The monoisotopic (exact) mass is 490 g/mol. The van der Waals surface area contributed by atoms with Crippen LogP contribution in [0.25, 0.3) is 5.82 Å². The summed E-state index contributed by atoms with van der Waals surface area (Å²) < 4.78 is 14.6. The van der Waals surface area contributed by atoms with Crippen LogP contribution in [-0.2, 0) is 11.2 Å². The van der Waals surface area contributed by atoms with Gasteiger partial charge in [0.15, 0.2) is 5.82 Å². The number of nitrogens with zero attached hydrogens (tertiary/aromatic N) is 7. The molecule has 0 unspecified atom stereocenters. The van der Waals surface area contributed by atoms with Crippen LogP contribution < -0.4 is 15.5 Å². The number of pyridine rings is 1. The van der Waals surface area contributed by atoms with E-state index in [-0.39, 0.29) is 18.4 Å². The molecule has 0 radical (unpaired) electrons. The number of rotatable bonds is 7. The Morgan fingerprint density at radius 1 is 1.14 bits per heavy atom. The van der Waals surface area contributed by atoms with Gasteiger partial charge in [0.2, 0.25) is 17.8 Å². The maximum atomic E-state index is 13.1. The van der Waals surface area contributed by atoms with Crippen molar-refractivity contribution in [1.29, 1.82) is 0 Å². The molecule has 3 N–H and O–H groups in total. The van der Waals surface area contributed by atoms with E-state index in [4.69, 9.17) is 0 Å². The summed E-state index contributed by atoms with van der Waals surface area (Å²) in [4.78, 5) is 31.8. The zero-order valence-electron chi connectivity index (χ0n) is 20.1. The molecule has 1 aliphatic heterocycles. The number of amides is 1. The number of piperidine rings is 1. The molecule has 1 amide bonds. The SMILES string of the molecule is Cc1cc(Nc2cc(C)[nH]n2)nc(N2CCC(NC(=O)Cc3ccc(-n4cnc(F)c4)nc3)CC2)n1. The summed E-state index contributed by atoms with van der Waals surface area (Å²) in [7, 11) is 0. The molecule has 0 spiro atoms. The molecule has 4 aromatic heterocycles. The minimum Gasteiger partial charge on any atom is -0.353 e. The van der Waals surface area contributed by atoms with Crippen LogP contribution in [0, 0.1) is 19.8 Å². The average Bonchev–Trinajstić information content (AvgIpc) is 3.47. The first-order valence-corrected chi connectivity index (χ1v) is 11.7. The van der Waals surface area contributed by atoms with E-state index in [1.54, 1.807) is 12.3 Å². The molecular formula is C24H27FN10O. The van der Waals surface area contributed by atoms with Gasteiger partial charge in [0.1, 0.15) is 18.0 Å². The number of hydrogen-bond donors (Lipinski definition) is 3. The van der Waals surface area contributed by atoms with Gasteiger partial charge in [0.05, 0.1) is 12.6 Å². The van der Waals surface area contributed by atoms with Gasteiger partial charge in [-0.2, -0.15) is 14.5 Å². The number of halogens is 1. The van der Waals surface area contributed by atoms with Gasteiger partial charge in [-0.1, -0.05) is 6.07 Å². The molecule has 11 nitrogen and oxygen atoms in total. The number of aromatic nitrogens is 7. The fourth-order valence-electron chi connectivity index (χ4n) is 4.16. The maximum Gasteiger partial charge on any atom is 0.231 e. The Morgan fingerprint density at radius 2 is 1.97 bits per heavy atom. The quantitative estimate of drug-likeness (QED) is 0.361. The summed E-state index contributed by atoms with van der Waals surface area (Å²) in [5.74, 6) is 1.99.